The van der Waals surface area contributed by atoms with Crippen molar-refractivity contribution in [1.82, 2.24) is 10.2 Å². The van der Waals surface area contributed by atoms with Crippen LogP contribution in [0.2, 0.25) is 0 Å². The fourth-order valence-electron chi connectivity index (χ4n) is 5.27. The van der Waals surface area contributed by atoms with Crippen LogP contribution in [-0.4, -0.2) is 36.3 Å². The van der Waals surface area contributed by atoms with E-state index in [9.17, 15) is 9.59 Å². The van der Waals surface area contributed by atoms with Crippen molar-refractivity contribution in [2.75, 3.05) is 19.6 Å². The van der Waals surface area contributed by atoms with Gasteiger partial charge in [0, 0.05) is 31.4 Å². The highest BCUT2D eigenvalue weighted by Gasteiger charge is 2.46. The Balaban J connectivity index is 1.28. The smallest absolute Gasteiger partial charge is 0.254 e. The fourth-order valence-corrected chi connectivity index (χ4v) is 5.90. The van der Waals surface area contributed by atoms with E-state index in [4.69, 9.17) is 0 Å². The average Bonchev–Trinajstić information content (AvgIpc) is 3.33. The number of amides is 2. The Labute approximate surface area is 176 Å². The summed E-state index contributed by atoms with van der Waals surface area (Å²) >= 11 is 1.57. The molecule has 2 heterocycles. The minimum absolute atomic E-state index is 0.115. The van der Waals surface area contributed by atoms with E-state index < -0.39 is 0 Å². The van der Waals surface area contributed by atoms with Crippen LogP contribution in [-0.2, 0) is 10.2 Å². The van der Waals surface area contributed by atoms with E-state index in [0.717, 1.165) is 44.5 Å². The average molecular weight is 409 g/mol. The van der Waals surface area contributed by atoms with E-state index in [1.165, 1.54) is 24.0 Å². The van der Waals surface area contributed by atoms with E-state index in [1.54, 1.807) is 11.3 Å². The van der Waals surface area contributed by atoms with Gasteiger partial charge in [-0.1, -0.05) is 24.3 Å². The molecule has 0 radical (unpaired) electrons. The third-order valence-electron chi connectivity index (χ3n) is 7.10. The Hall–Kier alpha value is -2.14. The Bertz CT molecular complexity index is 895. The van der Waals surface area contributed by atoms with Gasteiger partial charge in [0.2, 0.25) is 5.91 Å². The van der Waals surface area contributed by atoms with Crippen LogP contribution in [0.5, 0.6) is 0 Å². The molecule has 1 unspecified atom stereocenters. The molecule has 1 N–H and O–H groups in total. The first-order chi connectivity index (χ1) is 14.1. The maximum absolute atomic E-state index is 12.7. The molecule has 3 aliphatic rings. The molecule has 2 fully saturated rings. The Morgan fingerprint density at radius 1 is 1.14 bits per heavy atom. The molecule has 1 atom stereocenters. The number of thiophene rings is 1. The van der Waals surface area contributed by atoms with E-state index in [0.29, 0.717) is 18.3 Å². The Morgan fingerprint density at radius 2 is 1.93 bits per heavy atom. The second-order valence-electron chi connectivity index (χ2n) is 9.02. The van der Waals surface area contributed by atoms with Gasteiger partial charge in [0.25, 0.3) is 5.91 Å². The van der Waals surface area contributed by atoms with Crippen LogP contribution in [0.4, 0.5) is 0 Å². The number of hydrogen-bond donors (Lipinski definition) is 1. The van der Waals surface area contributed by atoms with Crippen LogP contribution in [0.15, 0.2) is 41.1 Å². The molecule has 5 heteroatoms. The molecule has 1 spiro atoms. The zero-order valence-corrected chi connectivity index (χ0v) is 17.5. The van der Waals surface area contributed by atoms with Crippen molar-refractivity contribution in [2.45, 2.75) is 49.9 Å². The van der Waals surface area contributed by atoms with E-state index in [-0.39, 0.29) is 17.2 Å². The van der Waals surface area contributed by atoms with E-state index >= 15 is 0 Å². The largest absolute Gasteiger partial charge is 0.356 e. The van der Waals surface area contributed by atoms with E-state index in [2.05, 4.69) is 29.6 Å². The lowest BCUT2D eigenvalue weighted by atomic mass is 9.73. The van der Waals surface area contributed by atoms with E-state index in [1.807, 2.05) is 21.7 Å². The van der Waals surface area contributed by atoms with Gasteiger partial charge in [0.1, 0.15) is 0 Å². The second kappa shape index (κ2) is 7.60. The van der Waals surface area contributed by atoms with Gasteiger partial charge in [0.05, 0.1) is 5.56 Å². The summed E-state index contributed by atoms with van der Waals surface area (Å²) in [4.78, 5) is 27.3. The summed E-state index contributed by atoms with van der Waals surface area (Å²) in [7, 11) is 0. The summed E-state index contributed by atoms with van der Waals surface area (Å²) in [6.45, 7) is 2.44. The number of nitrogens with one attached hydrogen (secondary N) is 1. The van der Waals surface area contributed by atoms with Crippen molar-refractivity contribution in [3.05, 3.63) is 57.8 Å². The number of hydrogen-bond acceptors (Lipinski definition) is 3. The lowest BCUT2D eigenvalue weighted by Gasteiger charge is -2.40. The van der Waals surface area contributed by atoms with Gasteiger partial charge in [-0.05, 0) is 71.9 Å². The van der Waals surface area contributed by atoms with Gasteiger partial charge in [-0.25, -0.2) is 0 Å². The van der Waals surface area contributed by atoms with Crippen molar-refractivity contribution in [3.8, 4) is 0 Å². The van der Waals surface area contributed by atoms with Crippen LogP contribution >= 0.6 is 11.3 Å². The molecule has 2 amide bonds. The molecule has 1 aromatic carbocycles. The predicted molar refractivity (Wildman–Crippen MR) is 115 cm³/mol. The third-order valence-corrected chi connectivity index (χ3v) is 7.78. The number of carbonyl (C=O) groups excluding carboxylic acids is 2. The highest BCUT2D eigenvalue weighted by Crippen LogP contribution is 2.52. The summed E-state index contributed by atoms with van der Waals surface area (Å²) in [5.74, 6) is 1.36. The molecule has 152 valence electrons. The van der Waals surface area contributed by atoms with Crippen molar-refractivity contribution in [1.29, 1.82) is 0 Å². The van der Waals surface area contributed by atoms with Gasteiger partial charge in [0.15, 0.2) is 0 Å². The van der Waals surface area contributed by atoms with Crippen molar-refractivity contribution >= 4 is 23.2 Å². The summed E-state index contributed by atoms with van der Waals surface area (Å²) < 4.78 is 0. The summed E-state index contributed by atoms with van der Waals surface area (Å²) in [5, 5.41) is 7.04. The molecule has 1 aromatic heterocycles. The zero-order valence-electron chi connectivity index (χ0n) is 16.7. The zero-order chi connectivity index (χ0) is 19.8. The molecule has 29 heavy (non-hydrogen) atoms. The van der Waals surface area contributed by atoms with Gasteiger partial charge < -0.3 is 10.2 Å². The first kappa shape index (κ1) is 18.9. The van der Waals surface area contributed by atoms with Gasteiger partial charge >= 0.3 is 0 Å². The van der Waals surface area contributed by atoms with Crippen LogP contribution in [0, 0.1) is 5.92 Å². The molecule has 1 aliphatic heterocycles. The number of piperidine rings is 1. The van der Waals surface area contributed by atoms with Gasteiger partial charge in [-0.15, -0.1) is 0 Å². The standard InChI is InChI=1S/C24H28N2O2S/c27-22(25-15-17-5-6-17)13-19-14-24(21-4-2-1-3-20(19)21)8-10-26(11-9-24)23(28)18-7-12-29-16-18/h1-4,7,12,16-17,19H,5-6,8-11,13-15H2,(H,25,27). The molecular weight excluding hydrogens is 380 g/mol. The highest BCUT2D eigenvalue weighted by atomic mass is 32.1. The third kappa shape index (κ3) is 3.73. The molecule has 2 aliphatic carbocycles. The number of rotatable bonds is 5. The maximum Gasteiger partial charge on any atom is 0.254 e. The molecule has 4 nitrogen and oxygen atoms in total. The lowest BCUT2D eigenvalue weighted by Crippen LogP contribution is -2.44. The number of benzene rings is 1. The Kier molecular flexibility index (Phi) is 4.94. The first-order valence-electron chi connectivity index (χ1n) is 10.8. The molecule has 5 rings (SSSR count). The number of carbonyl (C=O) groups is 2. The summed E-state index contributed by atoms with van der Waals surface area (Å²) in [5.41, 5.74) is 3.70. The quantitative estimate of drug-likeness (QED) is 0.801. The van der Waals surface area contributed by atoms with Gasteiger partial charge in [-0.2, -0.15) is 11.3 Å². The van der Waals surface area contributed by atoms with Crippen LogP contribution in [0.25, 0.3) is 0 Å². The lowest BCUT2D eigenvalue weighted by molar-refractivity contribution is -0.121. The summed E-state index contributed by atoms with van der Waals surface area (Å²) in [6.07, 6.45) is 6.11. The minimum Gasteiger partial charge on any atom is -0.356 e. The summed E-state index contributed by atoms with van der Waals surface area (Å²) in [6, 6.07) is 10.6. The highest BCUT2D eigenvalue weighted by molar-refractivity contribution is 7.08. The molecule has 0 bridgehead atoms. The molecular formula is C24H28N2O2S. The van der Waals surface area contributed by atoms with Crippen molar-refractivity contribution in [2.24, 2.45) is 5.92 Å². The van der Waals surface area contributed by atoms with Crippen LogP contribution < -0.4 is 5.32 Å². The number of likely N-dealkylation sites (tertiary alicyclic amines) is 1. The normalized spacial score (nSPS) is 22.5. The molecule has 2 aromatic rings. The molecule has 1 saturated carbocycles. The van der Waals surface area contributed by atoms with Crippen LogP contribution in [0.1, 0.15) is 65.9 Å². The first-order valence-corrected chi connectivity index (χ1v) is 11.8. The Morgan fingerprint density at radius 3 is 2.66 bits per heavy atom. The topological polar surface area (TPSA) is 49.4 Å². The minimum atomic E-state index is 0.115. The van der Waals surface area contributed by atoms with Crippen molar-refractivity contribution in [3.63, 3.8) is 0 Å². The monoisotopic (exact) mass is 408 g/mol. The predicted octanol–water partition coefficient (Wildman–Crippen LogP) is 4.33. The van der Waals surface area contributed by atoms with Gasteiger partial charge in [-0.3, -0.25) is 9.59 Å². The number of fused-ring (bicyclic) bond motifs is 2. The second-order valence-corrected chi connectivity index (χ2v) is 9.80. The SMILES string of the molecule is O=C(CC1CC2(CCN(C(=O)c3ccsc3)CC2)c2ccccc21)NCC1CC1. The number of nitrogens with zero attached hydrogens (tertiary/aromatic N) is 1. The van der Waals surface area contributed by atoms with Crippen LogP contribution in [0.3, 0.4) is 0 Å². The fraction of sp³-hybridized carbons (Fsp3) is 0.500. The molecule has 1 saturated heterocycles. The maximum atomic E-state index is 12.7. The van der Waals surface area contributed by atoms with Crippen molar-refractivity contribution < 1.29 is 9.59 Å².